The smallest absolute Gasteiger partial charge is 0.283 e. The number of nitrogens with zero attached hydrogens (tertiary/aromatic N) is 7. The molecule has 2 aliphatic heterocycles. The zero-order valence-corrected chi connectivity index (χ0v) is 16.6. The third-order valence-corrected chi connectivity index (χ3v) is 6.14. The number of aromatic nitrogens is 6. The van der Waals surface area contributed by atoms with Crippen molar-refractivity contribution in [3.63, 3.8) is 0 Å². The van der Waals surface area contributed by atoms with Crippen LogP contribution < -0.4 is 10.3 Å². The van der Waals surface area contributed by atoms with E-state index in [0.29, 0.717) is 23.9 Å². The van der Waals surface area contributed by atoms with Gasteiger partial charge >= 0.3 is 0 Å². The molecule has 0 aromatic carbocycles. The number of pyridine rings is 1. The van der Waals surface area contributed by atoms with E-state index < -0.39 is 0 Å². The lowest BCUT2D eigenvalue weighted by Crippen LogP contribution is -2.33. The van der Waals surface area contributed by atoms with Crippen LogP contribution in [-0.2, 0) is 25.6 Å². The van der Waals surface area contributed by atoms with Crippen LogP contribution in [0.2, 0.25) is 0 Å². The van der Waals surface area contributed by atoms with Gasteiger partial charge in [-0.2, -0.15) is 0 Å². The fourth-order valence-electron chi connectivity index (χ4n) is 4.64. The van der Waals surface area contributed by atoms with E-state index in [0.717, 1.165) is 43.9 Å². The molecule has 1 fully saturated rings. The number of fused-ring (bicyclic) bond motifs is 2. The van der Waals surface area contributed by atoms with Gasteiger partial charge in [-0.15, -0.1) is 10.2 Å². The summed E-state index contributed by atoms with van der Waals surface area (Å²) in [5.41, 5.74) is 1.15. The highest BCUT2D eigenvalue weighted by Crippen LogP contribution is 2.41. The van der Waals surface area contributed by atoms with Crippen molar-refractivity contribution in [2.24, 2.45) is 7.05 Å². The third-order valence-electron chi connectivity index (χ3n) is 6.14. The van der Waals surface area contributed by atoms with Crippen molar-refractivity contribution in [1.29, 1.82) is 0 Å². The molecule has 0 aliphatic carbocycles. The second-order valence-corrected chi connectivity index (χ2v) is 7.85. The van der Waals surface area contributed by atoms with Crippen molar-refractivity contribution in [3.05, 3.63) is 52.5 Å². The zero-order chi connectivity index (χ0) is 20.0. The summed E-state index contributed by atoms with van der Waals surface area (Å²) in [7, 11) is 3.50. The van der Waals surface area contributed by atoms with Crippen LogP contribution in [0.5, 0.6) is 5.88 Å². The van der Waals surface area contributed by atoms with E-state index in [-0.39, 0.29) is 11.0 Å². The van der Waals surface area contributed by atoms with Crippen molar-refractivity contribution >= 4 is 0 Å². The number of hydrogen-bond acceptors (Lipinski definition) is 7. The minimum absolute atomic E-state index is 0.103. The summed E-state index contributed by atoms with van der Waals surface area (Å²) in [6.45, 7) is 3.23. The molecule has 0 amide bonds. The fourth-order valence-corrected chi connectivity index (χ4v) is 4.64. The SMILES string of the molecule is COc1ncccc1CN1CCC2(CCn3c2nnc(-c2nccn2C)c3=O)C1. The summed E-state index contributed by atoms with van der Waals surface area (Å²) in [6.07, 6.45) is 7.07. The second kappa shape index (κ2) is 6.77. The highest BCUT2D eigenvalue weighted by molar-refractivity contribution is 5.47. The molecule has 5 heterocycles. The maximum atomic E-state index is 13.1. The Morgan fingerprint density at radius 2 is 2.03 bits per heavy atom. The van der Waals surface area contributed by atoms with Crippen molar-refractivity contribution < 1.29 is 4.74 Å². The molecule has 9 nitrogen and oxygen atoms in total. The Hall–Kier alpha value is -3.07. The van der Waals surface area contributed by atoms with Crippen LogP contribution in [0.4, 0.5) is 0 Å². The lowest BCUT2D eigenvalue weighted by atomic mass is 9.85. The Balaban J connectivity index is 1.43. The molecule has 1 saturated heterocycles. The average molecular weight is 393 g/mol. The molecule has 0 radical (unpaired) electrons. The molecule has 0 saturated carbocycles. The van der Waals surface area contributed by atoms with Crippen LogP contribution >= 0.6 is 0 Å². The van der Waals surface area contributed by atoms with E-state index in [1.165, 1.54) is 0 Å². The third kappa shape index (κ3) is 2.84. The number of rotatable bonds is 4. The number of imidazole rings is 1. The maximum Gasteiger partial charge on any atom is 0.283 e. The average Bonchev–Trinajstić information content (AvgIpc) is 3.43. The summed E-state index contributed by atoms with van der Waals surface area (Å²) < 4.78 is 8.98. The molecular formula is C20H23N7O2. The Bertz CT molecular complexity index is 1120. The van der Waals surface area contributed by atoms with Crippen LogP contribution in [0.25, 0.3) is 11.5 Å². The van der Waals surface area contributed by atoms with Crippen LogP contribution in [-0.4, -0.2) is 54.4 Å². The highest BCUT2D eigenvalue weighted by atomic mass is 16.5. The summed E-state index contributed by atoms with van der Waals surface area (Å²) >= 11 is 0. The minimum atomic E-state index is -0.123. The zero-order valence-electron chi connectivity index (χ0n) is 16.6. The number of hydrogen-bond donors (Lipinski definition) is 0. The van der Waals surface area contributed by atoms with E-state index in [9.17, 15) is 4.79 Å². The summed E-state index contributed by atoms with van der Waals surface area (Å²) in [4.78, 5) is 24.0. The quantitative estimate of drug-likeness (QED) is 0.653. The van der Waals surface area contributed by atoms with Gasteiger partial charge < -0.3 is 9.30 Å². The fraction of sp³-hybridized carbons (Fsp3) is 0.450. The van der Waals surface area contributed by atoms with Gasteiger partial charge in [0.25, 0.3) is 5.56 Å². The van der Waals surface area contributed by atoms with Gasteiger partial charge in [-0.05, 0) is 25.5 Å². The van der Waals surface area contributed by atoms with Crippen molar-refractivity contribution in [1.82, 2.24) is 34.2 Å². The summed E-state index contributed by atoms with van der Waals surface area (Å²) in [6, 6.07) is 3.97. The maximum absolute atomic E-state index is 13.1. The largest absolute Gasteiger partial charge is 0.481 e. The topological polar surface area (TPSA) is 91.0 Å². The van der Waals surface area contributed by atoms with Gasteiger partial charge in [-0.3, -0.25) is 14.3 Å². The van der Waals surface area contributed by atoms with Gasteiger partial charge in [-0.1, -0.05) is 6.07 Å². The van der Waals surface area contributed by atoms with E-state index in [1.807, 2.05) is 19.2 Å². The van der Waals surface area contributed by atoms with Gasteiger partial charge in [0.2, 0.25) is 5.88 Å². The number of ether oxygens (including phenoxy) is 1. The molecule has 2 aliphatic rings. The first-order chi connectivity index (χ1) is 14.1. The van der Waals surface area contributed by atoms with E-state index in [4.69, 9.17) is 4.74 Å². The van der Waals surface area contributed by atoms with Crippen molar-refractivity contribution in [2.75, 3.05) is 20.2 Å². The Morgan fingerprint density at radius 3 is 2.83 bits per heavy atom. The standard InChI is InChI=1S/C20H23N7O2/c1-25-11-8-21-16(25)15-18(28)27-10-6-20(19(27)24-23-15)5-9-26(13-20)12-14-4-3-7-22-17(14)29-2/h3-4,7-8,11H,5-6,9-10,12-13H2,1-2H3. The second-order valence-electron chi connectivity index (χ2n) is 7.85. The van der Waals surface area contributed by atoms with Crippen molar-refractivity contribution in [3.8, 4) is 17.4 Å². The number of likely N-dealkylation sites (tertiary alicyclic amines) is 1. The molecule has 0 N–H and O–H groups in total. The molecule has 29 heavy (non-hydrogen) atoms. The van der Waals surface area contributed by atoms with Crippen LogP contribution in [0, 0.1) is 0 Å². The molecule has 0 bridgehead atoms. The van der Waals surface area contributed by atoms with Crippen LogP contribution in [0.15, 0.2) is 35.5 Å². The molecule has 1 unspecified atom stereocenters. The Morgan fingerprint density at radius 1 is 1.17 bits per heavy atom. The van der Waals surface area contributed by atoms with Crippen molar-refractivity contribution in [2.45, 2.75) is 31.3 Å². The van der Waals surface area contributed by atoms with E-state index in [1.54, 1.807) is 34.8 Å². The van der Waals surface area contributed by atoms with Crippen LogP contribution in [0.3, 0.4) is 0 Å². The minimum Gasteiger partial charge on any atom is -0.481 e. The summed E-state index contributed by atoms with van der Waals surface area (Å²) in [5.74, 6) is 2.02. The lowest BCUT2D eigenvalue weighted by Gasteiger charge is -2.23. The van der Waals surface area contributed by atoms with E-state index >= 15 is 0 Å². The van der Waals surface area contributed by atoms with Crippen LogP contribution in [0.1, 0.15) is 24.2 Å². The molecule has 3 aromatic heterocycles. The highest BCUT2D eigenvalue weighted by Gasteiger charge is 2.47. The Labute approximate surface area is 168 Å². The molecule has 1 atom stereocenters. The molecular weight excluding hydrogens is 370 g/mol. The van der Waals surface area contributed by atoms with Gasteiger partial charge in [0.1, 0.15) is 5.82 Å². The predicted octanol–water partition coefficient (Wildman–Crippen LogP) is 0.990. The van der Waals surface area contributed by atoms with Gasteiger partial charge in [0, 0.05) is 56.3 Å². The van der Waals surface area contributed by atoms with Gasteiger partial charge in [0.15, 0.2) is 11.5 Å². The Kier molecular flexibility index (Phi) is 4.20. The monoisotopic (exact) mass is 393 g/mol. The summed E-state index contributed by atoms with van der Waals surface area (Å²) in [5, 5.41) is 8.82. The van der Waals surface area contributed by atoms with Gasteiger partial charge in [0.05, 0.1) is 7.11 Å². The molecule has 1 spiro atoms. The first kappa shape index (κ1) is 18.0. The number of methoxy groups -OCH3 is 1. The molecule has 3 aromatic rings. The molecule has 150 valence electrons. The first-order valence-electron chi connectivity index (χ1n) is 9.77. The van der Waals surface area contributed by atoms with E-state index in [2.05, 4.69) is 25.1 Å². The molecule has 5 rings (SSSR count). The van der Waals surface area contributed by atoms with Gasteiger partial charge in [-0.25, -0.2) is 9.97 Å². The lowest BCUT2D eigenvalue weighted by molar-refractivity contribution is 0.291. The predicted molar refractivity (Wildman–Crippen MR) is 105 cm³/mol. The number of aryl methyl sites for hydroxylation is 1. The normalized spacial score (nSPS) is 21.0. The first-order valence-corrected chi connectivity index (χ1v) is 9.77. The molecule has 9 heteroatoms.